The van der Waals surface area contributed by atoms with Crippen LogP contribution < -0.4 is 0 Å². The number of hydrogen-bond donors (Lipinski definition) is 0. The van der Waals surface area contributed by atoms with Gasteiger partial charge in [-0.15, -0.1) is 0 Å². The molecule has 1 aliphatic rings. The molecular formula is C55H34O2. The van der Waals surface area contributed by atoms with E-state index >= 15 is 0 Å². The van der Waals surface area contributed by atoms with Gasteiger partial charge in [-0.05, 0) is 142 Å². The van der Waals surface area contributed by atoms with Gasteiger partial charge in [-0.2, -0.15) is 0 Å². The van der Waals surface area contributed by atoms with Crippen LogP contribution in [0.15, 0.2) is 173 Å². The molecular weight excluding hydrogens is 693 g/mol. The van der Waals surface area contributed by atoms with Crippen molar-refractivity contribution in [2.45, 2.75) is 19.3 Å². The minimum absolute atomic E-state index is 0.488. The lowest BCUT2D eigenvalue weighted by Gasteiger charge is -2.23. The zero-order chi connectivity index (χ0) is 37.4. The molecule has 1 aliphatic carbocycles. The molecule has 57 heavy (non-hydrogen) atoms. The van der Waals surface area contributed by atoms with E-state index in [1.807, 2.05) is 0 Å². The third kappa shape index (κ3) is 4.41. The number of allylic oxidation sites excluding steroid dienone is 1. The summed E-state index contributed by atoms with van der Waals surface area (Å²) in [5, 5.41) is 17.4. The van der Waals surface area contributed by atoms with E-state index in [2.05, 4.69) is 177 Å². The van der Waals surface area contributed by atoms with Gasteiger partial charge in [-0.1, -0.05) is 128 Å². The molecule has 266 valence electrons. The second-order valence-corrected chi connectivity index (χ2v) is 16.0. The number of hydrogen-bond acceptors (Lipinski definition) is 2. The van der Waals surface area contributed by atoms with Crippen molar-refractivity contribution in [1.29, 1.82) is 0 Å². The standard InChI is InChI=1S/C55H34O2/c1-31-9-8-16-46-48-26-33(18-22-42(48)39-13-6-7-15-45(39)55(31)46)35-20-24-44-50-29-49-43-23-19-34(27-51(43)56-53(49)30-54(50)57-52(44)28-35)32-17-21-41-38-12-3-2-10-36(38)37-11-4-5-14-40(37)47(41)25-32/h2-8,10-31H,9H2,1H3. The first-order valence-corrected chi connectivity index (χ1v) is 20.0. The van der Waals surface area contributed by atoms with E-state index in [9.17, 15) is 0 Å². The van der Waals surface area contributed by atoms with Gasteiger partial charge in [0, 0.05) is 27.6 Å². The summed E-state index contributed by atoms with van der Waals surface area (Å²) in [6, 6.07) is 57.8. The van der Waals surface area contributed by atoms with Crippen LogP contribution in [-0.4, -0.2) is 0 Å². The summed E-state index contributed by atoms with van der Waals surface area (Å²) >= 11 is 0. The van der Waals surface area contributed by atoms with Gasteiger partial charge in [0.05, 0.1) is 0 Å². The van der Waals surface area contributed by atoms with Gasteiger partial charge in [0.25, 0.3) is 0 Å². The fourth-order valence-corrected chi connectivity index (χ4v) is 10.1. The van der Waals surface area contributed by atoms with Crippen LogP contribution in [0.2, 0.25) is 0 Å². The minimum atomic E-state index is 0.488. The molecule has 1 atom stereocenters. The molecule has 13 rings (SSSR count). The molecule has 0 saturated heterocycles. The Morgan fingerprint density at radius 1 is 0.351 bits per heavy atom. The highest BCUT2D eigenvalue weighted by Gasteiger charge is 2.21. The van der Waals surface area contributed by atoms with Gasteiger partial charge in [-0.25, -0.2) is 0 Å². The number of benzene rings is 10. The van der Waals surface area contributed by atoms with Crippen molar-refractivity contribution < 1.29 is 8.83 Å². The first-order valence-electron chi connectivity index (χ1n) is 20.0. The fourth-order valence-electron chi connectivity index (χ4n) is 10.1. The highest BCUT2D eigenvalue weighted by Crippen LogP contribution is 2.44. The van der Waals surface area contributed by atoms with Gasteiger partial charge in [0.15, 0.2) is 0 Å². The molecule has 0 amide bonds. The first-order chi connectivity index (χ1) is 28.1. The SMILES string of the molecule is CC1CC=Cc2c1c1ccccc1c1ccc(-c3ccc4c(c3)oc3cc5oc6cc(-c7ccc8c9ccccc9c9ccccc9c8c7)ccc6c5cc34)cc21. The van der Waals surface area contributed by atoms with Gasteiger partial charge >= 0.3 is 0 Å². The molecule has 0 bridgehead atoms. The lowest BCUT2D eigenvalue weighted by Crippen LogP contribution is -2.02. The Kier molecular flexibility index (Phi) is 6.24. The smallest absolute Gasteiger partial charge is 0.139 e. The van der Waals surface area contributed by atoms with E-state index in [4.69, 9.17) is 8.83 Å². The highest BCUT2D eigenvalue weighted by molar-refractivity contribution is 6.26. The van der Waals surface area contributed by atoms with Crippen LogP contribution in [0, 0.1) is 0 Å². The number of fused-ring (bicyclic) bond motifs is 18. The topological polar surface area (TPSA) is 26.3 Å². The first kappa shape index (κ1) is 31.1. The summed E-state index contributed by atoms with van der Waals surface area (Å²) in [4.78, 5) is 0. The number of furan rings is 2. The van der Waals surface area contributed by atoms with Crippen LogP contribution in [0.1, 0.15) is 30.4 Å². The Morgan fingerprint density at radius 3 is 1.32 bits per heavy atom. The Balaban J connectivity index is 0.909. The average Bonchev–Trinajstić information content (AvgIpc) is 3.81. The summed E-state index contributed by atoms with van der Waals surface area (Å²) in [7, 11) is 0. The second kappa shape index (κ2) is 11.4. The molecule has 10 aromatic carbocycles. The Labute approximate surface area is 327 Å². The average molecular weight is 727 g/mol. The van der Waals surface area contributed by atoms with E-state index in [0.717, 1.165) is 61.4 Å². The van der Waals surface area contributed by atoms with Crippen LogP contribution in [0.4, 0.5) is 0 Å². The Morgan fingerprint density at radius 2 is 0.754 bits per heavy atom. The minimum Gasteiger partial charge on any atom is -0.456 e. The molecule has 2 aromatic heterocycles. The van der Waals surface area contributed by atoms with Gasteiger partial charge < -0.3 is 8.83 Å². The zero-order valence-corrected chi connectivity index (χ0v) is 31.3. The summed E-state index contributed by atoms with van der Waals surface area (Å²) in [6.45, 7) is 2.35. The normalized spacial score (nSPS) is 14.4. The maximum absolute atomic E-state index is 6.60. The zero-order valence-electron chi connectivity index (χ0n) is 31.3. The predicted octanol–water partition coefficient (Wildman–Crippen LogP) is 16.1. The molecule has 12 aromatic rings. The molecule has 2 heterocycles. The maximum atomic E-state index is 6.60. The lowest BCUT2D eigenvalue weighted by atomic mass is 9.81. The molecule has 0 saturated carbocycles. The molecule has 0 radical (unpaired) electrons. The van der Waals surface area contributed by atoms with Crippen molar-refractivity contribution in [3.8, 4) is 22.3 Å². The molecule has 1 unspecified atom stereocenters. The summed E-state index contributed by atoms with van der Waals surface area (Å²) in [5.41, 5.74) is 10.9. The molecule has 2 nitrogen and oxygen atoms in total. The summed E-state index contributed by atoms with van der Waals surface area (Å²) in [5.74, 6) is 0.488. The molecule has 0 N–H and O–H groups in total. The summed E-state index contributed by atoms with van der Waals surface area (Å²) < 4.78 is 13.2. The van der Waals surface area contributed by atoms with E-state index in [0.29, 0.717) is 5.92 Å². The van der Waals surface area contributed by atoms with Crippen molar-refractivity contribution in [1.82, 2.24) is 0 Å². The molecule has 0 aliphatic heterocycles. The van der Waals surface area contributed by atoms with Crippen molar-refractivity contribution in [2.75, 3.05) is 0 Å². The largest absolute Gasteiger partial charge is 0.456 e. The van der Waals surface area contributed by atoms with Crippen LogP contribution in [0.3, 0.4) is 0 Å². The van der Waals surface area contributed by atoms with Crippen LogP contribution in [0.5, 0.6) is 0 Å². The van der Waals surface area contributed by atoms with Crippen molar-refractivity contribution in [3.63, 3.8) is 0 Å². The highest BCUT2D eigenvalue weighted by atomic mass is 16.3. The van der Waals surface area contributed by atoms with Crippen molar-refractivity contribution >= 4 is 104 Å². The Hall–Kier alpha value is -7.16. The van der Waals surface area contributed by atoms with Crippen LogP contribution >= 0.6 is 0 Å². The van der Waals surface area contributed by atoms with Gasteiger partial charge in [0.1, 0.15) is 22.3 Å². The maximum Gasteiger partial charge on any atom is 0.139 e. The van der Waals surface area contributed by atoms with Crippen LogP contribution in [-0.2, 0) is 0 Å². The van der Waals surface area contributed by atoms with E-state index in [1.54, 1.807) is 0 Å². The van der Waals surface area contributed by atoms with Gasteiger partial charge in [-0.3, -0.25) is 0 Å². The third-order valence-corrected chi connectivity index (χ3v) is 12.9. The molecule has 2 heteroatoms. The third-order valence-electron chi connectivity index (χ3n) is 12.9. The van der Waals surface area contributed by atoms with E-state index in [-0.39, 0.29) is 0 Å². The molecule has 0 fully saturated rings. The lowest BCUT2D eigenvalue weighted by molar-refractivity contribution is 0.656. The van der Waals surface area contributed by atoms with Gasteiger partial charge in [0.2, 0.25) is 0 Å². The second-order valence-electron chi connectivity index (χ2n) is 16.0. The predicted molar refractivity (Wildman–Crippen MR) is 241 cm³/mol. The Bertz CT molecular complexity index is 3710. The van der Waals surface area contributed by atoms with Crippen LogP contribution in [0.25, 0.3) is 126 Å². The summed E-state index contributed by atoms with van der Waals surface area (Å²) in [6.07, 6.45) is 5.75. The monoisotopic (exact) mass is 726 g/mol. The van der Waals surface area contributed by atoms with E-state index < -0.39 is 0 Å². The number of rotatable bonds is 2. The van der Waals surface area contributed by atoms with E-state index in [1.165, 1.54) is 76.1 Å². The molecule has 0 spiro atoms. The quantitative estimate of drug-likeness (QED) is 0.166. The van der Waals surface area contributed by atoms with Crippen molar-refractivity contribution in [2.24, 2.45) is 0 Å². The van der Waals surface area contributed by atoms with Crippen molar-refractivity contribution in [3.05, 3.63) is 175 Å². The fraction of sp³-hybridized carbons (Fsp3) is 0.0545.